The van der Waals surface area contributed by atoms with Gasteiger partial charge in [0.25, 0.3) is 0 Å². The van der Waals surface area contributed by atoms with Crippen molar-refractivity contribution in [2.45, 2.75) is 18.7 Å². The molecule has 0 N–H and O–H groups in total. The molecule has 2 heterocycles. The molecule has 20 heavy (non-hydrogen) atoms. The van der Waals surface area contributed by atoms with Crippen LogP contribution >= 0.6 is 23.2 Å². The van der Waals surface area contributed by atoms with E-state index < -0.39 is 0 Å². The zero-order valence-corrected chi connectivity index (χ0v) is 12.7. The van der Waals surface area contributed by atoms with Crippen molar-refractivity contribution in [3.05, 3.63) is 58.2 Å². The van der Waals surface area contributed by atoms with Gasteiger partial charge in [-0.05, 0) is 36.1 Å². The van der Waals surface area contributed by atoms with E-state index >= 15 is 0 Å². The number of fused-ring (bicyclic) bond motifs is 1. The van der Waals surface area contributed by atoms with Crippen molar-refractivity contribution in [1.82, 2.24) is 4.98 Å². The fourth-order valence-corrected chi connectivity index (χ4v) is 3.08. The Morgan fingerprint density at radius 3 is 2.25 bits per heavy atom. The van der Waals surface area contributed by atoms with Crippen molar-refractivity contribution in [3.63, 3.8) is 0 Å². The number of nitrogens with zero attached hydrogens (tertiary/aromatic N) is 2. The first kappa shape index (κ1) is 13.7. The molecule has 0 saturated carbocycles. The Kier molecular flexibility index (Phi) is 4.13. The van der Waals surface area contributed by atoms with Gasteiger partial charge in [0, 0.05) is 13.1 Å². The van der Waals surface area contributed by atoms with Crippen LogP contribution in [0.2, 0.25) is 5.02 Å². The van der Waals surface area contributed by atoms with Crippen molar-refractivity contribution in [3.8, 4) is 0 Å². The summed E-state index contributed by atoms with van der Waals surface area (Å²) in [4.78, 5) is 6.89. The summed E-state index contributed by atoms with van der Waals surface area (Å²) < 4.78 is 0. The number of rotatable bonds is 2. The monoisotopic (exact) mass is 306 g/mol. The first-order valence-electron chi connectivity index (χ1n) is 6.81. The lowest BCUT2D eigenvalue weighted by molar-refractivity contribution is 0.788. The number of benzene rings is 1. The second kappa shape index (κ2) is 6.02. The normalized spacial score (nSPS) is 14.8. The van der Waals surface area contributed by atoms with E-state index in [-0.39, 0.29) is 0 Å². The maximum Gasteiger partial charge on any atom is 0.128 e. The Morgan fingerprint density at radius 2 is 1.65 bits per heavy atom. The first-order chi connectivity index (χ1) is 9.78. The molecule has 0 spiro atoms. The quantitative estimate of drug-likeness (QED) is 0.777. The van der Waals surface area contributed by atoms with Crippen LogP contribution in [0.5, 0.6) is 0 Å². The number of alkyl halides is 1. The molecular formula is C16H16Cl2N2. The van der Waals surface area contributed by atoms with Crippen LogP contribution in [-0.2, 0) is 18.7 Å². The SMILES string of the molecule is ClCc1nc(N2CCc3ccccc3CC2)ccc1Cl. The van der Waals surface area contributed by atoms with E-state index in [2.05, 4.69) is 34.1 Å². The largest absolute Gasteiger partial charge is 0.356 e. The van der Waals surface area contributed by atoms with Crippen molar-refractivity contribution in [2.24, 2.45) is 0 Å². The number of hydrogen-bond donors (Lipinski definition) is 0. The number of halogens is 2. The van der Waals surface area contributed by atoms with Gasteiger partial charge in [0.2, 0.25) is 0 Å². The highest BCUT2D eigenvalue weighted by molar-refractivity contribution is 6.32. The molecule has 0 fully saturated rings. The van der Waals surface area contributed by atoms with Crippen molar-refractivity contribution >= 4 is 29.0 Å². The molecule has 0 aliphatic carbocycles. The van der Waals surface area contributed by atoms with Crippen molar-refractivity contribution < 1.29 is 0 Å². The first-order valence-corrected chi connectivity index (χ1v) is 7.72. The molecule has 0 bridgehead atoms. The molecular weight excluding hydrogens is 291 g/mol. The molecule has 1 aliphatic heterocycles. The van der Waals surface area contributed by atoms with Crippen LogP contribution in [0.1, 0.15) is 16.8 Å². The van der Waals surface area contributed by atoms with Gasteiger partial charge in [-0.15, -0.1) is 11.6 Å². The fraction of sp³-hybridized carbons (Fsp3) is 0.312. The van der Waals surface area contributed by atoms with Crippen molar-refractivity contribution in [1.29, 1.82) is 0 Å². The van der Waals surface area contributed by atoms with E-state index in [1.807, 2.05) is 12.1 Å². The Balaban J connectivity index is 1.83. The van der Waals surface area contributed by atoms with Crippen LogP contribution in [0, 0.1) is 0 Å². The van der Waals surface area contributed by atoms with Crippen molar-refractivity contribution in [2.75, 3.05) is 18.0 Å². The summed E-state index contributed by atoms with van der Waals surface area (Å²) in [5.41, 5.74) is 3.65. The number of anilines is 1. The summed E-state index contributed by atoms with van der Waals surface area (Å²) in [5.74, 6) is 1.32. The minimum Gasteiger partial charge on any atom is -0.356 e. The molecule has 1 aliphatic rings. The summed E-state index contributed by atoms with van der Waals surface area (Å²) in [7, 11) is 0. The number of aromatic nitrogens is 1. The van der Waals surface area contributed by atoms with Gasteiger partial charge < -0.3 is 4.90 Å². The molecule has 2 nitrogen and oxygen atoms in total. The lowest BCUT2D eigenvalue weighted by atomic mass is 10.0. The topological polar surface area (TPSA) is 16.1 Å². The summed E-state index contributed by atoms with van der Waals surface area (Å²) in [6, 6.07) is 12.5. The van der Waals surface area contributed by atoms with Gasteiger partial charge in [-0.1, -0.05) is 35.9 Å². The van der Waals surface area contributed by atoms with Crippen LogP contribution in [-0.4, -0.2) is 18.1 Å². The predicted octanol–water partition coefficient (Wildman–Crippen LogP) is 4.08. The van der Waals surface area contributed by atoms with Crippen LogP contribution < -0.4 is 4.90 Å². The van der Waals surface area contributed by atoms with E-state index in [0.717, 1.165) is 37.4 Å². The van der Waals surface area contributed by atoms with Gasteiger partial charge in [-0.2, -0.15) is 0 Å². The fourth-order valence-electron chi connectivity index (χ4n) is 2.64. The molecule has 4 heteroatoms. The Bertz CT molecular complexity index is 586. The summed E-state index contributed by atoms with van der Waals surface area (Å²) in [6.45, 7) is 1.96. The highest BCUT2D eigenvalue weighted by Crippen LogP contribution is 2.23. The number of hydrogen-bond acceptors (Lipinski definition) is 2. The van der Waals surface area contributed by atoms with E-state index in [4.69, 9.17) is 23.2 Å². The van der Waals surface area contributed by atoms with Gasteiger partial charge in [0.1, 0.15) is 5.82 Å². The van der Waals surface area contributed by atoms with Gasteiger partial charge in [0.15, 0.2) is 0 Å². The average Bonchev–Trinajstić information content (AvgIpc) is 2.70. The van der Waals surface area contributed by atoms with Crippen LogP contribution in [0.3, 0.4) is 0 Å². The van der Waals surface area contributed by atoms with Gasteiger partial charge in [0.05, 0.1) is 16.6 Å². The Hall–Kier alpha value is -1.25. The lowest BCUT2D eigenvalue weighted by Crippen LogP contribution is -2.27. The molecule has 2 aromatic rings. The van der Waals surface area contributed by atoms with Crippen LogP contribution in [0.4, 0.5) is 5.82 Å². The summed E-state index contributed by atoms with van der Waals surface area (Å²) >= 11 is 12.0. The standard InChI is InChI=1S/C16H16Cl2N2/c17-11-15-14(18)5-6-16(19-15)20-9-7-12-3-1-2-4-13(12)8-10-20/h1-6H,7-11H2. The average molecular weight is 307 g/mol. The Morgan fingerprint density at radius 1 is 1.00 bits per heavy atom. The second-order valence-corrected chi connectivity index (χ2v) is 5.66. The predicted molar refractivity (Wildman–Crippen MR) is 84.9 cm³/mol. The summed E-state index contributed by atoms with van der Waals surface area (Å²) in [5, 5.41) is 0.641. The maximum absolute atomic E-state index is 6.08. The number of pyridine rings is 1. The highest BCUT2D eigenvalue weighted by Gasteiger charge is 2.15. The lowest BCUT2D eigenvalue weighted by Gasteiger charge is -2.22. The smallest absolute Gasteiger partial charge is 0.128 e. The minimum atomic E-state index is 0.348. The summed E-state index contributed by atoms with van der Waals surface area (Å²) in [6.07, 6.45) is 2.10. The molecule has 104 valence electrons. The molecule has 1 aromatic heterocycles. The van der Waals surface area contributed by atoms with E-state index in [1.165, 1.54) is 11.1 Å². The van der Waals surface area contributed by atoms with E-state index in [1.54, 1.807) is 0 Å². The van der Waals surface area contributed by atoms with Crippen LogP contribution in [0.25, 0.3) is 0 Å². The zero-order chi connectivity index (χ0) is 13.9. The Labute approximate surface area is 129 Å². The van der Waals surface area contributed by atoms with Gasteiger partial charge >= 0.3 is 0 Å². The molecule has 0 radical (unpaired) electrons. The van der Waals surface area contributed by atoms with E-state index in [9.17, 15) is 0 Å². The maximum atomic E-state index is 6.08. The molecule has 0 atom stereocenters. The highest BCUT2D eigenvalue weighted by atomic mass is 35.5. The van der Waals surface area contributed by atoms with Gasteiger partial charge in [-0.25, -0.2) is 4.98 Å². The van der Waals surface area contributed by atoms with Gasteiger partial charge in [-0.3, -0.25) is 0 Å². The third-order valence-corrected chi connectivity index (χ3v) is 4.37. The third kappa shape index (κ3) is 2.77. The molecule has 1 aromatic carbocycles. The molecule has 0 saturated heterocycles. The minimum absolute atomic E-state index is 0.348. The molecule has 0 unspecified atom stereocenters. The van der Waals surface area contributed by atoms with Crippen LogP contribution in [0.15, 0.2) is 36.4 Å². The molecule has 0 amide bonds. The molecule has 3 rings (SSSR count). The zero-order valence-electron chi connectivity index (χ0n) is 11.1. The van der Waals surface area contributed by atoms with E-state index in [0.29, 0.717) is 10.9 Å². The second-order valence-electron chi connectivity index (χ2n) is 4.99. The third-order valence-electron chi connectivity index (χ3n) is 3.78.